The molecule has 2 amide bonds. The monoisotopic (exact) mass is 596 g/mol. The predicted octanol–water partition coefficient (Wildman–Crippen LogP) is -0.707. The average molecular weight is 597 g/mol. The third-order valence-corrected chi connectivity index (χ3v) is 9.11. The molecule has 1 saturated carbocycles. The lowest BCUT2D eigenvalue weighted by molar-refractivity contribution is -0.150. The fourth-order valence-corrected chi connectivity index (χ4v) is 7.15. The number of carboxylic acid groups (broad SMARTS) is 1. The van der Waals surface area contributed by atoms with Gasteiger partial charge in [-0.3, -0.25) is 14.5 Å². The summed E-state index contributed by atoms with van der Waals surface area (Å²) < 4.78 is 5.46. The topological polar surface area (TPSA) is 224 Å². The predicted molar refractivity (Wildman–Crippen MR) is 140 cm³/mol. The number of thioether (sulfide) groups is 2. The van der Waals surface area contributed by atoms with E-state index in [4.69, 9.17) is 15.7 Å². The van der Waals surface area contributed by atoms with Crippen molar-refractivity contribution in [1.82, 2.24) is 39.8 Å². The lowest BCUT2D eigenvalue weighted by Gasteiger charge is -2.49. The van der Waals surface area contributed by atoms with E-state index in [1.165, 1.54) is 33.1 Å². The van der Waals surface area contributed by atoms with Gasteiger partial charge in [0.15, 0.2) is 5.13 Å². The van der Waals surface area contributed by atoms with Crippen LogP contribution in [0, 0.1) is 0 Å². The number of amides is 2. The Kier molecular flexibility index (Phi) is 8.29. The van der Waals surface area contributed by atoms with Crippen LogP contribution in [0.4, 0.5) is 5.13 Å². The molecule has 208 valence electrons. The minimum atomic E-state index is -1.25. The van der Waals surface area contributed by atoms with Crippen LogP contribution < -0.4 is 11.1 Å². The van der Waals surface area contributed by atoms with Crippen LogP contribution in [0.3, 0.4) is 0 Å². The van der Waals surface area contributed by atoms with Crippen LogP contribution in [0.1, 0.15) is 31.5 Å². The van der Waals surface area contributed by atoms with Crippen molar-refractivity contribution in [3.8, 4) is 0 Å². The maximum atomic E-state index is 13.2. The summed E-state index contributed by atoms with van der Waals surface area (Å²) in [6, 6.07) is -0.976. The average Bonchev–Trinajstić information content (AvgIpc) is 3.69. The number of rotatable bonds is 11. The molecule has 2 atom stereocenters. The number of tetrazole rings is 1. The molecule has 3 aliphatic rings. The smallest absolute Gasteiger partial charge is 0.352 e. The molecule has 5 rings (SSSR count). The standard InChI is InChI=1S/C20H24N10O6S3/c21-19-23-14(26-39-19)11(25-36-10-3-1-2-4-10)15(32)22-12-16(33)30-13(18(34)35)9(7-37-17(12)30)8-38-20-24-27-28-29(20)5-6-31/h10,12,17,31H,1-8H2,(H,22,32)(H,34,35)(H2,21,23,26)/b25-11-/t12?,17-/m1/s1. The molecule has 19 heteroatoms. The van der Waals surface area contributed by atoms with E-state index >= 15 is 0 Å². The molecule has 0 bridgehead atoms. The first-order chi connectivity index (χ1) is 18.9. The van der Waals surface area contributed by atoms with Gasteiger partial charge < -0.3 is 26.1 Å². The second-order valence-electron chi connectivity index (χ2n) is 8.72. The zero-order valence-electron chi connectivity index (χ0n) is 20.3. The maximum Gasteiger partial charge on any atom is 0.352 e. The van der Waals surface area contributed by atoms with Crippen LogP contribution in [-0.4, -0.2) is 104 Å². The number of carbonyl (C=O) groups excluding carboxylic acids is 2. The second kappa shape index (κ2) is 11.8. The Bertz CT molecular complexity index is 1320. The molecule has 0 spiro atoms. The van der Waals surface area contributed by atoms with Crippen molar-refractivity contribution in [3.05, 3.63) is 17.1 Å². The van der Waals surface area contributed by atoms with E-state index in [-0.39, 0.29) is 47.4 Å². The molecule has 1 aliphatic carbocycles. The Morgan fingerprint density at radius 1 is 1.31 bits per heavy atom. The summed E-state index contributed by atoms with van der Waals surface area (Å²) in [5, 5.41) is 36.9. The summed E-state index contributed by atoms with van der Waals surface area (Å²) in [5.74, 6) is -2.01. The molecule has 1 unspecified atom stereocenters. The zero-order valence-corrected chi connectivity index (χ0v) is 22.7. The van der Waals surface area contributed by atoms with Gasteiger partial charge in [-0.2, -0.15) is 9.36 Å². The van der Waals surface area contributed by atoms with Gasteiger partial charge in [0.1, 0.15) is 23.2 Å². The van der Waals surface area contributed by atoms with Crippen LogP contribution in [0.25, 0.3) is 0 Å². The number of carbonyl (C=O) groups is 3. The second-order valence-corrected chi connectivity index (χ2v) is 11.6. The first-order valence-electron chi connectivity index (χ1n) is 11.9. The number of aliphatic hydroxyl groups excluding tert-OH is 1. The molecular weight excluding hydrogens is 572 g/mol. The number of hydrogen-bond acceptors (Lipinski definition) is 15. The van der Waals surface area contributed by atoms with Crippen molar-refractivity contribution in [3.63, 3.8) is 0 Å². The van der Waals surface area contributed by atoms with E-state index in [0.717, 1.165) is 37.2 Å². The molecule has 5 N–H and O–H groups in total. The van der Waals surface area contributed by atoms with Gasteiger partial charge in [-0.05, 0) is 41.7 Å². The third kappa shape index (κ3) is 5.70. The SMILES string of the molecule is Nc1nc(/C(=N/OC2CCCC2)C(=O)NC2C(=O)N3C(C(=O)O)=C(CSc4nnnn4CCO)CS[C@H]23)ns1. The van der Waals surface area contributed by atoms with Crippen LogP contribution in [0.5, 0.6) is 0 Å². The molecule has 4 heterocycles. The van der Waals surface area contributed by atoms with Crippen LogP contribution in [0.2, 0.25) is 0 Å². The van der Waals surface area contributed by atoms with E-state index in [2.05, 4.69) is 35.4 Å². The van der Waals surface area contributed by atoms with Gasteiger partial charge in [-0.1, -0.05) is 16.9 Å². The summed E-state index contributed by atoms with van der Waals surface area (Å²) in [4.78, 5) is 49.2. The lowest BCUT2D eigenvalue weighted by atomic mass is 10.0. The molecular formula is C20H24N10O6S3. The molecule has 2 aliphatic heterocycles. The Hall–Kier alpha value is -3.29. The molecule has 16 nitrogen and oxygen atoms in total. The Morgan fingerprint density at radius 3 is 2.79 bits per heavy atom. The molecule has 2 aromatic heterocycles. The van der Waals surface area contributed by atoms with E-state index < -0.39 is 29.2 Å². The Morgan fingerprint density at radius 2 is 2.10 bits per heavy atom. The number of anilines is 1. The number of nitrogen functional groups attached to an aromatic ring is 1. The lowest BCUT2D eigenvalue weighted by Crippen LogP contribution is -2.71. The van der Waals surface area contributed by atoms with E-state index in [1.807, 2.05) is 0 Å². The van der Waals surface area contributed by atoms with Crippen molar-refractivity contribution in [2.45, 2.75) is 54.9 Å². The number of fused-ring (bicyclic) bond motifs is 1. The van der Waals surface area contributed by atoms with E-state index in [1.54, 1.807) is 0 Å². The van der Waals surface area contributed by atoms with Gasteiger partial charge in [-0.25, -0.2) is 9.48 Å². The van der Waals surface area contributed by atoms with Gasteiger partial charge >= 0.3 is 5.97 Å². The fourth-order valence-electron chi connectivity index (χ4n) is 4.33. The first-order valence-corrected chi connectivity index (χ1v) is 14.7. The minimum absolute atomic E-state index is 0.0121. The highest BCUT2D eigenvalue weighted by atomic mass is 32.2. The number of hydrogen-bond donors (Lipinski definition) is 4. The number of aromatic nitrogens is 6. The van der Waals surface area contributed by atoms with Crippen LogP contribution >= 0.6 is 35.1 Å². The number of nitrogens with two attached hydrogens (primary N) is 1. The summed E-state index contributed by atoms with van der Waals surface area (Å²) in [6.07, 6.45) is 3.54. The molecule has 2 aromatic rings. The van der Waals surface area contributed by atoms with Crippen LogP contribution in [-0.2, 0) is 25.8 Å². The normalized spacial score (nSPS) is 21.6. The Labute approximate surface area is 233 Å². The zero-order chi connectivity index (χ0) is 27.5. The summed E-state index contributed by atoms with van der Waals surface area (Å²) >= 11 is 3.43. The first kappa shape index (κ1) is 27.3. The molecule has 0 radical (unpaired) electrons. The Balaban J connectivity index is 1.29. The highest BCUT2D eigenvalue weighted by molar-refractivity contribution is 8.01. The third-order valence-electron chi connectivity index (χ3n) is 6.19. The van der Waals surface area contributed by atoms with Gasteiger partial charge in [0.05, 0.1) is 13.2 Å². The molecule has 2 fully saturated rings. The van der Waals surface area contributed by atoms with Crippen molar-refractivity contribution < 1.29 is 29.4 Å². The van der Waals surface area contributed by atoms with E-state index in [9.17, 15) is 19.5 Å². The van der Waals surface area contributed by atoms with Gasteiger partial charge in [0.2, 0.25) is 16.7 Å². The highest BCUT2D eigenvalue weighted by Crippen LogP contribution is 2.41. The van der Waals surface area contributed by atoms with Crippen molar-refractivity contribution in [2.24, 2.45) is 5.16 Å². The summed E-state index contributed by atoms with van der Waals surface area (Å²) in [6.45, 7) is 0.0443. The number of nitrogens with zero attached hydrogens (tertiary/aromatic N) is 8. The number of nitrogens with one attached hydrogen (secondary N) is 1. The van der Waals surface area contributed by atoms with Gasteiger partial charge in [0, 0.05) is 23.0 Å². The van der Waals surface area contributed by atoms with Crippen molar-refractivity contribution in [2.75, 3.05) is 23.8 Å². The van der Waals surface area contributed by atoms with Crippen molar-refractivity contribution >= 4 is 63.7 Å². The molecule has 39 heavy (non-hydrogen) atoms. The number of aliphatic carboxylic acids is 1. The van der Waals surface area contributed by atoms with Crippen LogP contribution in [0.15, 0.2) is 21.6 Å². The largest absolute Gasteiger partial charge is 0.477 e. The quantitative estimate of drug-likeness (QED) is 0.109. The van der Waals surface area contributed by atoms with Crippen molar-refractivity contribution in [1.29, 1.82) is 0 Å². The van der Waals surface area contributed by atoms with Gasteiger partial charge in [-0.15, -0.1) is 16.9 Å². The summed E-state index contributed by atoms with van der Waals surface area (Å²) in [7, 11) is 0. The molecule has 0 aromatic carbocycles. The number of aliphatic hydroxyl groups is 1. The number of carboxylic acids is 1. The highest BCUT2D eigenvalue weighted by Gasteiger charge is 2.54. The minimum Gasteiger partial charge on any atom is -0.477 e. The summed E-state index contributed by atoms with van der Waals surface area (Å²) in [5.41, 5.74) is 5.87. The fraction of sp³-hybridized carbons (Fsp3) is 0.550. The molecule has 1 saturated heterocycles. The van der Waals surface area contributed by atoms with Gasteiger partial charge in [0.25, 0.3) is 11.8 Å². The number of β-lactam (4-membered cyclic amide) rings is 1. The number of oxime groups is 1. The van der Waals surface area contributed by atoms with E-state index in [0.29, 0.717) is 16.5 Å². The maximum absolute atomic E-state index is 13.2.